The van der Waals surface area contributed by atoms with Crippen molar-refractivity contribution in [2.75, 3.05) is 0 Å². The minimum atomic E-state index is -3.74. The molecule has 0 spiro atoms. The summed E-state index contributed by atoms with van der Waals surface area (Å²) < 4.78 is 35.0. The first-order valence-electron chi connectivity index (χ1n) is 9.83. The molecule has 6 nitrogen and oxygen atoms in total. The fourth-order valence-electron chi connectivity index (χ4n) is 4.07. The van der Waals surface area contributed by atoms with Gasteiger partial charge in [-0.15, -0.1) is 0 Å². The van der Waals surface area contributed by atoms with Crippen LogP contribution >= 0.6 is 0 Å². The minimum absolute atomic E-state index is 0.105. The molecule has 0 bridgehead atoms. The number of aromatic nitrogens is 2. The third kappa shape index (κ3) is 3.30. The zero-order valence-corrected chi connectivity index (χ0v) is 17.5. The highest BCUT2D eigenvalue weighted by Gasteiger charge is 2.41. The summed E-state index contributed by atoms with van der Waals surface area (Å²) in [4.78, 5) is 4.62. The highest BCUT2D eigenvalue weighted by molar-refractivity contribution is 7.89. The molecule has 1 fully saturated rings. The Morgan fingerprint density at radius 2 is 1.87 bits per heavy atom. The van der Waals surface area contributed by atoms with Crippen molar-refractivity contribution in [2.24, 2.45) is 0 Å². The molecule has 4 aromatic rings. The van der Waals surface area contributed by atoms with Gasteiger partial charge in [-0.2, -0.15) is 0 Å². The number of sulfonamides is 1. The molecule has 1 N–H and O–H groups in total. The van der Waals surface area contributed by atoms with Crippen molar-refractivity contribution in [3.63, 3.8) is 0 Å². The molecule has 2 unspecified atom stereocenters. The first kappa shape index (κ1) is 19.0. The molecule has 2 heterocycles. The third-order valence-electron chi connectivity index (χ3n) is 5.62. The number of nitrogens with zero attached hydrogens (tertiary/aromatic N) is 2. The van der Waals surface area contributed by atoms with Crippen LogP contribution in [0.5, 0.6) is 0 Å². The van der Waals surface area contributed by atoms with Gasteiger partial charge in [0.15, 0.2) is 0 Å². The predicted molar refractivity (Wildman–Crippen MR) is 115 cm³/mol. The monoisotopic (exact) mass is 419 g/mol. The Kier molecular flexibility index (Phi) is 4.45. The highest BCUT2D eigenvalue weighted by Crippen LogP contribution is 2.42. The molecule has 0 radical (unpaired) electrons. The van der Waals surface area contributed by atoms with Crippen LogP contribution in [-0.4, -0.2) is 24.6 Å². The number of hydrogen-bond donors (Lipinski definition) is 1. The van der Waals surface area contributed by atoms with Gasteiger partial charge < -0.3 is 4.52 Å². The smallest absolute Gasteiger partial charge is 0.241 e. The Hall–Kier alpha value is -3.03. The van der Waals surface area contributed by atoms with E-state index in [2.05, 4.69) is 14.9 Å². The van der Waals surface area contributed by atoms with Gasteiger partial charge in [-0.25, -0.2) is 13.1 Å². The average Bonchev–Trinajstić information content (AvgIpc) is 3.42. The Morgan fingerprint density at radius 1 is 1.07 bits per heavy atom. The lowest BCUT2D eigenvalue weighted by molar-refractivity contribution is 0.393. The lowest BCUT2D eigenvalue weighted by Crippen LogP contribution is -2.27. The Balaban J connectivity index is 1.56. The number of hydrogen-bond acceptors (Lipinski definition) is 5. The van der Waals surface area contributed by atoms with E-state index < -0.39 is 10.0 Å². The van der Waals surface area contributed by atoms with E-state index in [-0.39, 0.29) is 16.9 Å². The molecule has 0 amide bonds. The fourth-order valence-corrected chi connectivity index (χ4v) is 5.60. The topological polar surface area (TPSA) is 85.1 Å². The molecule has 0 aliphatic heterocycles. The van der Waals surface area contributed by atoms with Crippen LogP contribution in [0.25, 0.3) is 22.0 Å². The van der Waals surface area contributed by atoms with Crippen LogP contribution in [0.4, 0.5) is 0 Å². The number of aryl methyl sites for hydroxylation is 2. The van der Waals surface area contributed by atoms with Gasteiger partial charge in [-0.3, -0.25) is 4.98 Å². The molecule has 5 rings (SSSR count). The van der Waals surface area contributed by atoms with Crippen LogP contribution in [0.1, 0.15) is 29.4 Å². The number of nitrogens with one attached hydrogen (secondary N) is 1. The highest BCUT2D eigenvalue weighted by atomic mass is 32.2. The maximum Gasteiger partial charge on any atom is 0.241 e. The summed E-state index contributed by atoms with van der Waals surface area (Å²) in [6.45, 7) is 3.66. The van der Waals surface area contributed by atoms with Gasteiger partial charge in [-0.05, 0) is 55.7 Å². The van der Waals surface area contributed by atoms with Gasteiger partial charge in [0.25, 0.3) is 0 Å². The van der Waals surface area contributed by atoms with Crippen LogP contribution in [-0.2, 0) is 10.0 Å². The van der Waals surface area contributed by atoms with Crippen molar-refractivity contribution in [1.29, 1.82) is 0 Å². The van der Waals surface area contributed by atoms with Gasteiger partial charge in [0.1, 0.15) is 5.76 Å². The first-order valence-corrected chi connectivity index (χ1v) is 11.3. The summed E-state index contributed by atoms with van der Waals surface area (Å²) in [6.07, 6.45) is 2.46. The predicted octanol–water partition coefficient (Wildman–Crippen LogP) is 4.34. The Labute approximate surface area is 175 Å². The molecular weight excluding hydrogens is 398 g/mol. The van der Waals surface area contributed by atoms with E-state index >= 15 is 0 Å². The lowest BCUT2D eigenvalue weighted by atomic mass is 10.0. The zero-order chi connectivity index (χ0) is 20.9. The largest absolute Gasteiger partial charge is 0.361 e. The second-order valence-electron chi connectivity index (χ2n) is 7.72. The van der Waals surface area contributed by atoms with Crippen LogP contribution in [0.3, 0.4) is 0 Å². The van der Waals surface area contributed by atoms with Crippen LogP contribution in [0.2, 0.25) is 0 Å². The molecule has 2 aromatic heterocycles. The summed E-state index contributed by atoms with van der Waals surface area (Å²) in [7, 11) is -3.74. The summed E-state index contributed by atoms with van der Waals surface area (Å²) in [5, 5.41) is 4.60. The molecule has 30 heavy (non-hydrogen) atoms. The average molecular weight is 420 g/mol. The molecule has 1 aliphatic rings. The standard InChI is InChI=1S/C23H21N3O3S/c1-14-23(15(2)29-25-14)17-11-20-18(9-6-10-24-20)22(12-17)30(27,28)26-21-13-19(21)16-7-4-3-5-8-16/h3-12,19,21,26H,13H2,1-2H3. The fraction of sp³-hybridized carbons (Fsp3) is 0.217. The van der Waals surface area contributed by atoms with Crippen molar-refractivity contribution in [3.05, 3.63) is 77.8 Å². The zero-order valence-electron chi connectivity index (χ0n) is 16.7. The number of pyridine rings is 1. The van der Waals surface area contributed by atoms with E-state index in [0.717, 1.165) is 23.1 Å². The van der Waals surface area contributed by atoms with Gasteiger partial charge >= 0.3 is 0 Å². The van der Waals surface area contributed by atoms with Crippen molar-refractivity contribution in [1.82, 2.24) is 14.9 Å². The first-order chi connectivity index (χ1) is 14.4. The number of rotatable bonds is 5. The molecule has 1 saturated carbocycles. The van der Waals surface area contributed by atoms with Crippen molar-refractivity contribution in [2.45, 2.75) is 37.1 Å². The molecule has 2 atom stereocenters. The van der Waals surface area contributed by atoms with E-state index in [0.29, 0.717) is 22.4 Å². The van der Waals surface area contributed by atoms with Crippen molar-refractivity contribution >= 4 is 20.9 Å². The summed E-state index contributed by atoms with van der Waals surface area (Å²) in [6, 6.07) is 17.0. The Morgan fingerprint density at radius 3 is 2.60 bits per heavy atom. The van der Waals surface area contributed by atoms with E-state index in [1.165, 1.54) is 0 Å². The van der Waals surface area contributed by atoms with Crippen LogP contribution in [0, 0.1) is 13.8 Å². The number of benzene rings is 2. The van der Waals surface area contributed by atoms with Gasteiger partial charge in [0, 0.05) is 29.1 Å². The van der Waals surface area contributed by atoms with E-state index in [9.17, 15) is 8.42 Å². The second kappa shape index (κ2) is 7.04. The lowest BCUT2D eigenvalue weighted by Gasteiger charge is -2.12. The SMILES string of the molecule is Cc1noc(C)c1-c1cc(S(=O)(=O)NC2CC2c2ccccc2)c2cccnc2c1. The van der Waals surface area contributed by atoms with Crippen LogP contribution in [0.15, 0.2) is 70.2 Å². The third-order valence-corrected chi connectivity index (χ3v) is 7.15. The van der Waals surface area contributed by atoms with Gasteiger partial charge in [0.2, 0.25) is 10.0 Å². The molecule has 0 saturated heterocycles. The second-order valence-corrected chi connectivity index (χ2v) is 9.41. The summed E-state index contributed by atoms with van der Waals surface area (Å²) in [5.41, 5.74) is 4.01. The molecule has 7 heteroatoms. The van der Waals surface area contributed by atoms with Crippen LogP contribution < -0.4 is 4.72 Å². The summed E-state index contributed by atoms with van der Waals surface area (Å²) in [5.74, 6) is 0.849. The van der Waals surface area contributed by atoms with E-state index in [1.54, 1.807) is 24.4 Å². The Bertz CT molecular complexity index is 1330. The quantitative estimate of drug-likeness (QED) is 0.520. The van der Waals surface area contributed by atoms with E-state index in [1.807, 2.05) is 50.2 Å². The minimum Gasteiger partial charge on any atom is -0.361 e. The molecule has 152 valence electrons. The normalized spacial score (nSPS) is 18.6. The van der Waals surface area contributed by atoms with E-state index in [4.69, 9.17) is 4.52 Å². The maximum absolute atomic E-state index is 13.4. The number of fused-ring (bicyclic) bond motifs is 1. The van der Waals surface area contributed by atoms with Crippen molar-refractivity contribution < 1.29 is 12.9 Å². The van der Waals surface area contributed by atoms with Gasteiger partial charge in [-0.1, -0.05) is 35.5 Å². The van der Waals surface area contributed by atoms with Crippen molar-refractivity contribution in [3.8, 4) is 11.1 Å². The molecule has 1 aliphatic carbocycles. The summed E-state index contributed by atoms with van der Waals surface area (Å²) >= 11 is 0. The van der Waals surface area contributed by atoms with Gasteiger partial charge in [0.05, 0.1) is 16.1 Å². The maximum atomic E-state index is 13.4. The molecule has 2 aromatic carbocycles. The molecular formula is C23H21N3O3S.